The molecule has 3 N–H and O–H groups in total. The van der Waals surface area contributed by atoms with Crippen molar-refractivity contribution >= 4 is 35.6 Å². The third-order valence-electron chi connectivity index (χ3n) is 3.60. The van der Waals surface area contributed by atoms with Crippen molar-refractivity contribution in [2.24, 2.45) is 11.1 Å². The van der Waals surface area contributed by atoms with Gasteiger partial charge in [0.1, 0.15) is 0 Å². The van der Waals surface area contributed by atoms with Crippen molar-refractivity contribution in [3.8, 4) is 0 Å². The fourth-order valence-corrected chi connectivity index (χ4v) is 2.21. The van der Waals surface area contributed by atoms with E-state index in [2.05, 4.69) is 5.32 Å². The number of aryl methyl sites for hydroxylation is 1. The van der Waals surface area contributed by atoms with Crippen molar-refractivity contribution in [2.45, 2.75) is 33.6 Å². The Morgan fingerprint density at radius 1 is 1.37 bits per heavy atom. The van der Waals surface area contributed by atoms with Crippen molar-refractivity contribution in [3.05, 3.63) is 28.8 Å². The average molecular weight is 305 g/mol. The molecule has 0 bridgehead atoms. The van der Waals surface area contributed by atoms with Gasteiger partial charge in [-0.05, 0) is 37.5 Å². The first-order valence-corrected chi connectivity index (χ1v) is 6.64. The molecular weight excluding hydrogens is 283 g/mol. The molecule has 0 atom stereocenters. The van der Waals surface area contributed by atoms with E-state index >= 15 is 0 Å². The first kappa shape index (κ1) is 18.2. The standard InChI is InChI=1S/C14H21ClN2O.ClH/c1-4-14(5-2,9-16)13(18)17-12-7-6-10(3)8-11(12)15;/h6-8H,4-5,9,16H2,1-3H3,(H,17,18);1H. The summed E-state index contributed by atoms with van der Waals surface area (Å²) >= 11 is 6.11. The molecule has 0 spiro atoms. The second-order valence-electron chi connectivity index (χ2n) is 4.63. The van der Waals surface area contributed by atoms with Gasteiger partial charge >= 0.3 is 0 Å². The molecule has 0 fully saturated rings. The molecule has 3 nitrogen and oxygen atoms in total. The van der Waals surface area contributed by atoms with Gasteiger partial charge in [0, 0.05) is 6.54 Å². The zero-order valence-electron chi connectivity index (χ0n) is 11.6. The van der Waals surface area contributed by atoms with Crippen LogP contribution in [0.1, 0.15) is 32.3 Å². The van der Waals surface area contributed by atoms with Crippen LogP contribution in [-0.2, 0) is 4.79 Å². The molecule has 19 heavy (non-hydrogen) atoms. The summed E-state index contributed by atoms with van der Waals surface area (Å²) in [6.45, 7) is 6.26. The van der Waals surface area contributed by atoms with Crippen LogP contribution >= 0.6 is 24.0 Å². The summed E-state index contributed by atoms with van der Waals surface area (Å²) in [4.78, 5) is 12.3. The van der Waals surface area contributed by atoms with E-state index in [1.807, 2.05) is 39.0 Å². The normalized spacial score (nSPS) is 10.8. The number of carbonyl (C=O) groups is 1. The Morgan fingerprint density at radius 3 is 2.37 bits per heavy atom. The molecule has 1 aromatic rings. The number of nitrogens with one attached hydrogen (secondary N) is 1. The van der Waals surface area contributed by atoms with Gasteiger partial charge in [0.15, 0.2) is 0 Å². The molecule has 1 rings (SSSR count). The highest BCUT2D eigenvalue weighted by Crippen LogP contribution is 2.29. The minimum Gasteiger partial charge on any atom is -0.329 e. The molecule has 0 aromatic heterocycles. The molecule has 0 radical (unpaired) electrons. The van der Waals surface area contributed by atoms with Crippen LogP contribution in [0.5, 0.6) is 0 Å². The number of anilines is 1. The zero-order chi connectivity index (χ0) is 13.8. The Hall–Kier alpha value is -0.770. The molecule has 0 aliphatic heterocycles. The second kappa shape index (κ2) is 7.73. The molecule has 0 unspecified atom stereocenters. The van der Waals surface area contributed by atoms with Gasteiger partial charge in [-0.15, -0.1) is 12.4 Å². The van der Waals surface area contributed by atoms with Crippen LogP contribution in [0.15, 0.2) is 18.2 Å². The third kappa shape index (κ3) is 4.10. The summed E-state index contributed by atoms with van der Waals surface area (Å²) in [5.74, 6) is -0.0549. The first-order chi connectivity index (χ1) is 8.49. The van der Waals surface area contributed by atoms with Gasteiger partial charge < -0.3 is 11.1 Å². The van der Waals surface area contributed by atoms with E-state index in [1.165, 1.54) is 0 Å². The Bertz CT molecular complexity index is 423. The lowest BCUT2D eigenvalue weighted by molar-refractivity contribution is -0.125. The highest BCUT2D eigenvalue weighted by molar-refractivity contribution is 6.33. The number of amides is 1. The number of halogens is 2. The minimum atomic E-state index is -0.506. The van der Waals surface area contributed by atoms with Crippen LogP contribution in [0.4, 0.5) is 5.69 Å². The number of hydrogen-bond acceptors (Lipinski definition) is 2. The second-order valence-corrected chi connectivity index (χ2v) is 5.04. The molecule has 0 heterocycles. The highest BCUT2D eigenvalue weighted by Gasteiger charge is 2.33. The van der Waals surface area contributed by atoms with E-state index in [-0.39, 0.29) is 18.3 Å². The monoisotopic (exact) mass is 304 g/mol. The predicted molar refractivity (Wildman–Crippen MR) is 84.1 cm³/mol. The lowest BCUT2D eigenvalue weighted by atomic mass is 9.81. The van der Waals surface area contributed by atoms with Gasteiger partial charge in [0.05, 0.1) is 16.1 Å². The zero-order valence-corrected chi connectivity index (χ0v) is 13.2. The van der Waals surface area contributed by atoms with Crippen LogP contribution in [0, 0.1) is 12.3 Å². The van der Waals surface area contributed by atoms with E-state index in [0.717, 1.165) is 18.4 Å². The van der Waals surface area contributed by atoms with Crippen LogP contribution in [-0.4, -0.2) is 12.5 Å². The Kier molecular flexibility index (Phi) is 7.42. The fraction of sp³-hybridized carbons (Fsp3) is 0.500. The van der Waals surface area contributed by atoms with E-state index in [0.29, 0.717) is 17.3 Å². The van der Waals surface area contributed by atoms with Gasteiger partial charge in [0.25, 0.3) is 0 Å². The Balaban J connectivity index is 0.00000324. The van der Waals surface area contributed by atoms with Crippen molar-refractivity contribution in [1.82, 2.24) is 0 Å². The summed E-state index contributed by atoms with van der Waals surface area (Å²) in [5.41, 5.74) is 6.96. The SMILES string of the molecule is CCC(CC)(CN)C(=O)Nc1ccc(C)cc1Cl.Cl. The van der Waals surface area contributed by atoms with Gasteiger partial charge in [-0.1, -0.05) is 31.5 Å². The molecule has 108 valence electrons. The summed E-state index contributed by atoms with van der Waals surface area (Å²) in [6.07, 6.45) is 1.44. The van der Waals surface area contributed by atoms with E-state index in [4.69, 9.17) is 17.3 Å². The maximum absolute atomic E-state index is 12.3. The van der Waals surface area contributed by atoms with Crippen LogP contribution in [0.2, 0.25) is 5.02 Å². The smallest absolute Gasteiger partial charge is 0.231 e. The molecule has 0 saturated heterocycles. The number of carbonyl (C=O) groups excluding carboxylic acids is 1. The summed E-state index contributed by atoms with van der Waals surface area (Å²) in [6, 6.07) is 5.57. The highest BCUT2D eigenvalue weighted by atomic mass is 35.5. The molecular formula is C14H22Cl2N2O. The van der Waals surface area contributed by atoms with Gasteiger partial charge in [-0.3, -0.25) is 4.79 Å². The Labute approximate surface area is 126 Å². The molecule has 1 amide bonds. The molecule has 0 saturated carbocycles. The van der Waals surface area contributed by atoms with E-state index in [1.54, 1.807) is 0 Å². The molecule has 0 aliphatic carbocycles. The van der Waals surface area contributed by atoms with E-state index < -0.39 is 5.41 Å². The number of rotatable bonds is 5. The Morgan fingerprint density at radius 2 is 1.95 bits per heavy atom. The molecule has 1 aromatic carbocycles. The van der Waals surface area contributed by atoms with Crippen molar-refractivity contribution in [2.75, 3.05) is 11.9 Å². The lowest BCUT2D eigenvalue weighted by Crippen LogP contribution is -2.41. The lowest BCUT2D eigenvalue weighted by Gasteiger charge is -2.28. The predicted octanol–water partition coefficient (Wildman–Crippen LogP) is 3.77. The quantitative estimate of drug-likeness (QED) is 0.870. The van der Waals surface area contributed by atoms with Crippen LogP contribution in [0.3, 0.4) is 0 Å². The maximum Gasteiger partial charge on any atom is 0.231 e. The van der Waals surface area contributed by atoms with Crippen LogP contribution < -0.4 is 11.1 Å². The van der Waals surface area contributed by atoms with Crippen molar-refractivity contribution < 1.29 is 4.79 Å². The van der Waals surface area contributed by atoms with E-state index in [9.17, 15) is 4.79 Å². The molecule has 5 heteroatoms. The van der Waals surface area contributed by atoms with Gasteiger partial charge in [0.2, 0.25) is 5.91 Å². The van der Waals surface area contributed by atoms with Gasteiger partial charge in [-0.2, -0.15) is 0 Å². The third-order valence-corrected chi connectivity index (χ3v) is 3.91. The van der Waals surface area contributed by atoms with Crippen LogP contribution in [0.25, 0.3) is 0 Å². The fourth-order valence-electron chi connectivity index (χ4n) is 1.93. The number of benzene rings is 1. The summed E-state index contributed by atoms with van der Waals surface area (Å²) in [7, 11) is 0. The van der Waals surface area contributed by atoms with Crippen molar-refractivity contribution in [1.29, 1.82) is 0 Å². The summed E-state index contributed by atoms with van der Waals surface area (Å²) in [5, 5.41) is 3.44. The first-order valence-electron chi connectivity index (χ1n) is 6.26. The topological polar surface area (TPSA) is 55.1 Å². The van der Waals surface area contributed by atoms with Crippen molar-refractivity contribution in [3.63, 3.8) is 0 Å². The summed E-state index contributed by atoms with van der Waals surface area (Å²) < 4.78 is 0. The minimum absolute atomic E-state index is 0. The largest absolute Gasteiger partial charge is 0.329 e. The average Bonchev–Trinajstić information content (AvgIpc) is 2.36. The molecule has 0 aliphatic rings. The van der Waals surface area contributed by atoms with Gasteiger partial charge in [-0.25, -0.2) is 0 Å². The number of hydrogen-bond donors (Lipinski definition) is 2. The maximum atomic E-state index is 12.3. The number of nitrogens with two attached hydrogens (primary N) is 1.